The molecule has 0 spiro atoms. The van der Waals surface area contributed by atoms with Crippen LogP contribution in [0.15, 0.2) is 54.6 Å². The Hall–Kier alpha value is -3.87. The summed E-state index contributed by atoms with van der Waals surface area (Å²) in [6.45, 7) is 0. The molecule has 3 aromatic carbocycles. The second kappa shape index (κ2) is 6.56. The number of hydrogen-bond donors (Lipinski definition) is 6. The van der Waals surface area contributed by atoms with E-state index in [0.717, 1.165) is 10.8 Å². The van der Waals surface area contributed by atoms with E-state index in [0.29, 0.717) is 22.4 Å². The molecule has 0 aromatic heterocycles. The Kier molecular flexibility index (Phi) is 4.28. The summed E-state index contributed by atoms with van der Waals surface area (Å²) >= 11 is 0. The predicted octanol–water partition coefficient (Wildman–Crippen LogP) is 2.79. The highest BCUT2D eigenvalue weighted by Gasteiger charge is 2.16. The third kappa shape index (κ3) is 3.18. The highest BCUT2D eigenvalue weighted by molar-refractivity contribution is 6.05. The lowest BCUT2D eigenvalue weighted by atomic mass is 9.95. The molecule has 0 amide bonds. The lowest BCUT2D eigenvalue weighted by Gasteiger charge is -2.14. The molecule has 26 heavy (non-hydrogen) atoms. The highest BCUT2D eigenvalue weighted by Crippen LogP contribution is 2.34. The first-order valence-corrected chi connectivity index (χ1v) is 7.73. The standard InChI is InChI=1S/C19H17N5O2/c20-17(21)13-7-5-10-8-12(6-4-11(10)9-13)16-14(18(25)26)2-1-3-15(16)24-19(22)23/h1-9H,(H3,20,21)(H,25,26)(H4,22,23,24). The number of nitrogen functional groups attached to an aromatic ring is 1. The van der Waals surface area contributed by atoms with Crippen LogP contribution in [0.5, 0.6) is 0 Å². The summed E-state index contributed by atoms with van der Waals surface area (Å²) < 4.78 is 0. The van der Waals surface area contributed by atoms with Crippen molar-refractivity contribution < 1.29 is 9.90 Å². The van der Waals surface area contributed by atoms with E-state index in [1.807, 2.05) is 18.2 Å². The summed E-state index contributed by atoms with van der Waals surface area (Å²) in [6, 6.07) is 15.6. The number of carboxylic acid groups (broad SMARTS) is 1. The number of benzene rings is 3. The Morgan fingerprint density at radius 3 is 2.31 bits per heavy atom. The second-order valence-electron chi connectivity index (χ2n) is 5.76. The van der Waals surface area contributed by atoms with Crippen LogP contribution in [-0.4, -0.2) is 22.9 Å². The Bertz CT molecular complexity index is 1060. The van der Waals surface area contributed by atoms with Crippen molar-refractivity contribution in [2.45, 2.75) is 0 Å². The van der Waals surface area contributed by atoms with E-state index >= 15 is 0 Å². The van der Waals surface area contributed by atoms with Gasteiger partial charge in [-0.15, -0.1) is 0 Å². The molecule has 0 aliphatic carbocycles. The summed E-state index contributed by atoms with van der Waals surface area (Å²) in [5, 5.41) is 29.0. The van der Waals surface area contributed by atoms with Crippen LogP contribution in [0.1, 0.15) is 15.9 Å². The van der Waals surface area contributed by atoms with E-state index < -0.39 is 5.97 Å². The number of amidine groups is 1. The molecule has 7 heteroatoms. The molecular weight excluding hydrogens is 330 g/mol. The van der Waals surface area contributed by atoms with Crippen molar-refractivity contribution in [1.82, 2.24) is 0 Å². The molecule has 0 fully saturated rings. The molecule has 130 valence electrons. The Balaban J connectivity index is 2.22. The molecule has 8 N–H and O–H groups in total. The number of nitrogens with one attached hydrogen (secondary N) is 3. The van der Waals surface area contributed by atoms with Crippen molar-refractivity contribution in [1.29, 1.82) is 10.8 Å². The van der Waals surface area contributed by atoms with Crippen LogP contribution in [0.4, 0.5) is 5.69 Å². The molecule has 3 rings (SSSR count). The molecule has 0 saturated carbocycles. The van der Waals surface area contributed by atoms with Crippen molar-refractivity contribution in [2.24, 2.45) is 11.5 Å². The van der Waals surface area contributed by atoms with Crippen LogP contribution in [0.25, 0.3) is 21.9 Å². The van der Waals surface area contributed by atoms with Gasteiger partial charge in [-0.2, -0.15) is 0 Å². The van der Waals surface area contributed by atoms with E-state index in [1.165, 1.54) is 6.07 Å². The molecule has 0 aliphatic heterocycles. The van der Waals surface area contributed by atoms with Crippen LogP contribution < -0.4 is 16.8 Å². The van der Waals surface area contributed by atoms with Crippen molar-refractivity contribution >= 4 is 34.2 Å². The number of rotatable bonds is 4. The average molecular weight is 347 g/mol. The smallest absolute Gasteiger partial charge is 0.336 e. The normalized spacial score (nSPS) is 10.5. The van der Waals surface area contributed by atoms with Crippen LogP contribution >= 0.6 is 0 Å². The Morgan fingerprint density at radius 1 is 0.962 bits per heavy atom. The third-order valence-corrected chi connectivity index (χ3v) is 4.00. The van der Waals surface area contributed by atoms with E-state index in [4.69, 9.17) is 22.3 Å². The second-order valence-corrected chi connectivity index (χ2v) is 5.76. The number of hydrogen-bond acceptors (Lipinski definition) is 3. The fourth-order valence-electron chi connectivity index (χ4n) is 2.86. The van der Waals surface area contributed by atoms with Crippen LogP contribution in [0, 0.1) is 10.8 Å². The largest absolute Gasteiger partial charge is 0.478 e. The number of nitrogens with two attached hydrogens (primary N) is 2. The van der Waals surface area contributed by atoms with Gasteiger partial charge in [-0.05, 0) is 40.6 Å². The molecular formula is C19H17N5O2. The lowest BCUT2D eigenvalue weighted by Crippen LogP contribution is -2.21. The van der Waals surface area contributed by atoms with Gasteiger partial charge in [-0.25, -0.2) is 4.79 Å². The maximum Gasteiger partial charge on any atom is 0.336 e. The summed E-state index contributed by atoms with van der Waals surface area (Å²) in [4.78, 5) is 11.7. The number of fused-ring (bicyclic) bond motifs is 1. The third-order valence-electron chi connectivity index (χ3n) is 4.00. The summed E-state index contributed by atoms with van der Waals surface area (Å²) in [7, 11) is 0. The van der Waals surface area contributed by atoms with Crippen molar-refractivity contribution in [3.8, 4) is 11.1 Å². The van der Waals surface area contributed by atoms with Crippen LogP contribution in [0.3, 0.4) is 0 Å². The summed E-state index contributed by atoms with van der Waals surface area (Å²) in [6.07, 6.45) is 0. The van der Waals surface area contributed by atoms with E-state index in [9.17, 15) is 9.90 Å². The van der Waals surface area contributed by atoms with Gasteiger partial charge in [0.2, 0.25) is 0 Å². The van der Waals surface area contributed by atoms with Crippen molar-refractivity contribution in [3.63, 3.8) is 0 Å². The molecule has 3 aromatic rings. The van der Waals surface area contributed by atoms with Gasteiger partial charge < -0.3 is 21.9 Å². The van der Waals surface area contributed by atoms with Crippen LogP contribution in [0.2, 0.25) is 0 Å². The molecule has 0 heterocycles. The highest BCUT2D eigenvalue weighted by atomic mass is 16.4. The van der Waals surface area contributed by atoms with Crippen molar-refractivity contribution in [2.75, 3.05) is 5.32 Å². The molecule has 7 nitrogen and oxygen atoms in total. The first-order valence-electron chi connectivity index (χ1n) is 7.73. The van der Waals surface area contributed by atoms with Gasteiger partial charge in [0.15, 0.2) is 5.96 Å². The Morgan fingerprint density at radius 2 is 1.65 bits per heavy atom. The van der Waals surface area contributed by atoms with E-state index in [2.05, 4.69) is 5.32 Å². The predicted molar refractivity (Wildman–Crippen MR) is 103 cm³/mol. The SMILES string of the molecule is N=C(N)Nc1cccc(C(=O)O)c1-c1ccc2cc(C(=N)N)ccc2c1. The van der Waals surface area contributed by atoms with Gasteiger partial charge in [-0.3, -0.25) is 10.8 Å². The molecule has 0 unspecified atom stereocenters. The van der Waals surface area contributed by atoms with Gasteiger partial charge in [0.1, 0.15) is 5.84 Å². The maximum absolute atomic E-state index is 11.7. The fourth-order valence-corrected chi connectivity index (χ4v) is 2.86. The Labute approximate surface area is 149 Å². The quantitative estimate of drug-likeness (QED) is 0.317. The average Bonchev–Trinajstić information content (AvgIpc) is 2.60. The number of carboxylic acids is 1. The maximum atomic E-state index is 11.7. The molecule has 0 atom stereocenters. The zero-order valence-electron chi connectivity index (χ0n) is 13.7. The number of aromatic carboxylic acids is 1. The number of carbonyl (C=O) groups is 1. The van der Waals surface area contributed by atoms with Gasteiger partial charge in [-0.1, -0.05) is 30.3 Å². The fraction of sp³-hybridized carbons (Fsp3) is 0. The summed E-state index contributed by atoms with van der Waals surface area (Å²) in [5.41, 5.74) is 13.2. The number of anilines is 1. The molecule has 0 radical (unpaired) electrons. The topological polar surface area (TPSA) is 149 Å². The molecule has 0 aliphatic rings. The van der Waals surface area contributed by atoms with Gasteiger partial charge >= 0.3 is 5.97 Å². The molecule has 0 saturated heterocycles. The zero-order valence-corrected chi connectivity index (χ0v) is 13.7. The van der Waals surface area contributed by atoms with Gasteiger partial charge in [0.05, 0.1) is 5.56 Å². The summed E-state index contributed by atoms with van der Waals surface area (Å²) in [5.74, 6) is -1.36. The van der Waals surface area contributed by atoms with E-state index in [1.54, 1.807) is 30.3 Å². The van der Waals surface area contributed by atoms with Crippen LogP contribution in [-0.2, 0) is 0 Å². The minimum absolute atomic E-state index is 0.0138. The first-order chi connectivity index (χ1) is 12.4. The van der Waals surface area contributed by atoms with Crippen molar-refractivity contribution in [3.05, 3.63) is 65.7 Å². The lowest BCUT2D eigenvalue weighted by molar-refractivity contribution is 0.0698. The minimum atomic E-state index is -1.07. The monoisotopic (exact) mass is 347 g/mol. The van der Waals surface area contributed by atoms with Gasteiger partial charge in [0, 0.05) is 16.8 Å². The number of guanidine groups is 1. The van der Waals surface area contributed by atoms with Gasteiger partial charge in [0.25, 0.3) is 0 Å². The minimum Gasteiger partial charge on any atom is -0.478 e. The first kappa shape index (κ1) is 17.0. The van der Waals surface area contributed by atoms with E-state index in [-0.39, 0.29) is 17.4 Å². The molecule has 0 bridgehead atoms. The zero-order chi connectivity index (χ0) is 18.8.